The van der Waals surface area contributed by atoms with Crippen molar-refractivity contribution in [2.75, 3.05) is 39.5 Å². The first kappa shape index (κ1) is 19.7. The molecule has 0 heterocycles. The molecule has 0 saturated heterocycles. The molecule has 0 aromatic carbocycles. The van der Waals surface area contributed by atoms with Gasteiger partial charge < -0.3 is 15.5 Å². The number of nitrogens with one attached hydrogen (secondary N) is 2. The van der Waals surface area contributed by atoms with Crippen molar-refractivity contribution in [3.8, 4) is 0 Å². The largest absolute Gasteiger partial charge is 0.357 e. The summed E-state index contributed by atoms with van der Waals surface area (Å²) in [5.41, 5.74) is 0. The van der Waals surface area contributed by atoms with Crippen molar-refractivity contribution in [2.45, 2.75) is 32.4 Å². The van der Waals surface area contributed by atoms with Gasteiger partial charge in [-0.25, -0.2) is 13.4 Å². The standard InChI is InChI=1S/C13H28N4O3S/c1-7-14-12(16-10-11(18)17(5)6)15-8-9-21(19,20)13(2,3)4/h7-10H2,1-6H3,(H2,14,15,16). The number of aliphatic imine (C=N–C) groups is 1. The van der Waals surface area contributed by atoms with Crippen molar-refractivity contribution in [1.82, 2.24) is 15.5 Å². The van der Waals surface area contributed by atoms with Gasteiger partial charge >= 0.3 is 0 Å². The van der Waals surface area contributed by atoms with Gasteiger partial charge in [-0.05, 0) is 27.7 Å². The van der Waals surface area contributed by atoms with Crippen LogP contribution in [0.15, 0.2) is 4.99 Å². The van der Waals surface area contributed by atoms with Crippen LogP contribution in [0, 0.1) is 0 Å². The number of nitrogens with zero attached hydrogens (tertiary/aromatic N) is 2. The lowest BCUT2D eigenvalue weighted by Gasteiger charge is -2.19. The van der Waals surface area contributed by atoms with Crippen molar-refractivity contribution >= 4 is 21.7 Å². The number of guanidine groups is 1. The summed E-state index contributed by atoms with van der Waals surface area (Å²) in [5, 5.41) is 5.91. The van der Waals surface area contributed by atoms with Crippen LogP contribution in [-0.2, 0) is 14.6 Å². The maximum Gasteiger partial charge on any atom is 0.243 e. The molecule has 0 atom stereocenters. The van der Waals surface area contributed by atoms with Crippen molar-refractivity contribution in [3.63, 3.8) is 0 Å². The third kappa shape index (κ3) is 7.31. The molecule has 1 amide bonds. The molecule has 0 spiro atoms. The van der Waals surface area contributed by atoms with E-state index >= 15 is 0 Å². The van der Waals surface area contributed by atoms with E-state index in [2.05, 4.69) is 15.6 Å². The zero-order valence-electron chi connectivity index (χ0n) is 13.9. The second kappa shape index (κ2) is 8.21. The number of sulfone groups is 1. The van der Waals surface area contributed by atoms with Gasteiger partial charge in [0, 0.05) is 27.2 Å². The van der Waals surface area contributed by atoms with Crippen molar-refractivity contribution in [3.05, 3.63) is 0 Å². The first-order valence-electron chi connectivity index (χ1n) is 6.96. The summed E-state index contributed by atoms with van der Waals surface area (Å²) >= 11 is 0. The molecule has 0 fully saturated rings. The molecule has 124 valence electrons. The van der Waals surface area contributed by atoms with Gasteiger partial charge in [0.1, 0.15) is 6.54 Å². The second-order valence-electron chi connectivity index (χ2n) is 5.84. The lowest BCUT2D eigenvalue weighted by atomic mass is 10.3. The van der Waals surface area contributed by atoms with Gasteiger partial charge in [0.05, 0.1) is 10.5 Å². The predicted molar refractivity (Wildman–Crippen MR) is 86.2 cm³/mol. The zero-order chi connectivity index (χ0) is 16.7. The van der Waals surface area contributed by atoms with Gasteiger partial charge in [-0.1, -0.05) is 0 Å². The van der Waals surface area contributed by atoms with Crippen LogP contribution >= 0.6 is 0 Å². The minimum absolute atomic E-state index is 0.0164. The van der Waals surface area contributed by atoms with Crippen LogP contribution in [0.4, 0.5) is 0 Å². The highest BCUT2D eigenvalue weighted by Gasteiger charge is 2.28. The molecule has 0 aliphatic heterocycles. The summed E-state index contributed by atoms with van der Waals surface area (Å²) < 4.78 is 23.2. The SMILES string of the molecule is CCNC(=NCC(=O)N(C)C)NCCS(=O)(=O)C(C)(C)C. The Morgan fingerprint density at radius 2 is 1.76 bits per heavy atom. The number of rotatable bonds is 6. The Hall–Kier alpha value is -1.31. The van der Waals surface area contributed by atoms with E-state index in [0.717, 1.165) is 0 Å². The van der Waals surface area contributed by atoms with Crippen LogP contribution in [0.5, 0.6) is 0 Å². The number of carbonyl (C=O) groups excluding carboxylic acids is 1. The Kier molecular flexibility index (Phi) is 7.70. The lowest BCUT2D eigenvalue weighted by Crippen LogP contribution is -2.42. The smallest absolute Gasteiger partial charge is 0.243 e. The maximum absolute atomic E-state index is 12.0. The summed E-state index contributed by atoms with van der Waals surface area (Å²) in [6, 6.07) is 0. The van der Waals surface area contributed by atoms with E-state index in [4.69, 9.17) is 0 Å². The molecule has 0 unspecified atom stereocenters. The molecule has 0 saturated carbocycles. The summed E-state index contributed by atoms with van der Waals surface area (Å²) in [7, 11) is 0.148. The molecule has 0 aromatic rings. The minimum atomic E-state index is -3.17. The van der Waals surface area contributed by atoms with E-state index in [1.165, 1.54) is 4.90 Å². The van der Waals surface area contributed by atoms with E-state index in [1.807, 2.05) is 6.92 Å². The van der Waals surface area contributed by atoms with Gasteiger partial charge in [-0.15, -0.1) is 0 Å². The normalized spacial score (nSPS) is 13.0. The summed E-state index contributed by atoms with van der Waals surface area (Å²) in [4.78, 5) is 17.1. The average molecular weight is 320 g/mol. The van der Waals surface area contributed by atoms with Gasteiger partial charge in [0.15, 0.2) is 15.8 Å². The fourth-order valence-electron chi connectivity index (χ4n) is 1.24. The quantitative estimate of drug-likeness (QED) is 0.524. The molecule has 0 aliphatic rings. The number of hydrogen-bond acceptors (Lipinski definition) is 4. The van der Waals surface area contributed by atoms with E-state index in [0.29, 0.717) is 12.5 Å². The van der Waals surface area contributed by atoms with Crippen LogP contribution in [-0.4, -0.2) is 69.4 Å². The molecular formula is C13H28N4O3S. The molecule has 0 rings (SSSR count). The van der Waals surface area contributed by atoms with Crippen molar-refractivity contribution < 1.29 is 13.2 Å². The van der Waals surface area contributed by atoms with Gasteiger partial charge in [-0.2, -0.15) is 0 Å². The molecule has 0 bridgehead atoms. The molecule has 21 heavy (non-hydrogen) atoms. The van der Waals surface area contributed by atoms with Crippen LogP contribution in [0.25, 0.3) is 0 Å². The molecular weight excluding hydrogens is 292 g/mol. The van der Waals surface area contributed by atoms with Gasteiger partial charge in [0.25, 0.3) is 0 Å². The van der Waals surface area contributed by atoms with Gasteiger partial charge in [0.2, 0.25) is 5.91 Å². The maximum atomic E-state index is 12.0. The molecule has 0 radical (unpaired) electrons. The fourth-order valence-corrected chi connectivity index (χ4v) is 2.22. The Morgan fingerprint density at radius 3 is 2.19 bits per heavy atom. The lowest BCUT2D eigenvalue weighted by molar-refractivity contribution is -0.127. The Bertz CT molecular complexity index is 464. The Balaban J connectivity index is 4.54. The average Bonchev–Trinajstić information content (AvgIpc) is 2.33. The number of amides is 1. The van der Waals surface area contributed by atoms with Crippen LogP contribution in [0.1, 0.15) is 27.7 Å². The minimum Gasteiger partial charge on any atom is -0.357 e. The van der Waals surface area contributed by atoms with Gasteiger partial charge in [-0.3, -0.25) is 4.79 Å². The molecule has 0 aliphatic carbocycles. The number of carbonyl (C=O) groups is 1. The molecule has 7 nitrogen and oxygen atoms in total. The molecule has 8 heteroatoms. The summed E-state index contributed by atoms with van der Waals surface area (Å²) in [5.74, 6) is 0.342. The van der Waals surface area contributed by atoms with Crippen LogP contribution in [0.3, 0.4) is 0 Å². The third-order valence-electron chi connectivity index (χ3n) is 2.81. The first-order valence-corrected chi connectivity index (χ1v) is 8.61. The third-order valence-corrected chi connectivity index (χ3v) is 5.42. The Morgan fingerprint density at radius 1 is 1.19 bits per heavy atom. The highest BCUT2D eigenvalue weighted by atomic mass is 32.2. The van der Waals surface area contributed by atoms with E-state index < -0.39 is 14.6 Å². The fraction of sp³-hybridized carbons (Fsp3) is 0.846. The van der Waals surface area contributed by atoms with Crippen molar-refractivity contribution in [1.29, 1.82) is 0 Å². The zero-order valence-corrected chi connectivity index (χ0v) is 14.7. The van der Waals surface area contributed by atoms with E-state index in [-0.39, 0.29) is 24.7 Å². The second-order valence-corrected chi connectivity index (χ2v) is 8.70. The first-order chi connectivity index (χ1) is 9.51. The number of likely N-dealkylation sites (N-methyl/N-ethyl adjacent to an activating group) is 1. The topological polar surface area (TPSA) is 90.9 Å². The monoisotopic (exact) mass is 320 g/mol. The number of hydrogen-bond donors (Lipinski definition) is 2. The summed E-state index contributed by atoms with van der Waals surface area (Å²) in [6.45, 7) is 7.84. The summed E-state index contributed by atoms with van der Waals surface area (Å²) in [6.07, 6.45) is 0. The Labute approximate surface area is 128 Å². The highest BCUT2D eigenvalue weighted by molar-refractivity contribution is 7.92. The van der Waals surface area contributed by atoms with E-state index in [9.17, 15) is 13.2 Å². The predicted octanol–water partition coefficient (Wildman–Crippen LogP) is -0.157. The van der Waals surface area contributed by atoms with Crippen LogP contribution in [0.2, 0.25) is 0 Å². The highest BCUT2D eigenvalue weighted by Crippen LogP contribution is 2.15. The van der Waals surface area contributed by atoms with E-state index in [1.54, 1.807) is 34.9 Å². The van der Waals surface area contributed by atoms with Crippen LogP contribution < -0.4 is 10.6 Å². The molecule has 2 N–H and O–H groups in total. The van der Waals surface area contributed by atoms with Crippen molar-refractivity contribution in [2.24, 2.45) is 4.99 Å². The molecule has 0 aromatic heterocycles.